The molecule has 0 rings (SSSR count). The summed E-state index contributed by atoms with van der Waals surface area (Å²) in [6.45, 7) is 0.0605. The Morgan fingerprint density at radius 1 is 1.71 bits per heavy atom. The minimum atomic E-state index is -0.683. The number of aliphatic hydroxyl groups excluding tert-OH is 2. The van der Waals surface area contributed by atoms with E-state index < -0.39 is 6.10 Å². The molecule has 7 heavy (non-hydrogen) atoms. The fraction of sp³-hybridized carbons (Fsp3) is 1.00. The normalized spacial score (nSPS) is 14.6. The molecule has 0 amide bonds. The van der Waals surface area contributed by atoms with Gasteiger partial charge in [-0.1, -0.05) is 0 Å². The molecule has 0 fully saturated rings. The first-order chi connectivity index (χ1) is 3.31. The fourth-order valence-electron chi connectivity index (χ4n) is 0.245. The lowest BCUT2D eigenvalue weighted by molar-refractivity contribution is 0.0565. The van der Waals surface area contributed by atoms with E-state index in [2.05, 4.69) is 4.43 Å². The first kappa shape index (κ1) is 7.10. The van der Waals surface area contributed by atoms with Crippen LogP contribution in [0.3, 0.4) is 0 Å². The van der Waals surface area contributed by atoms with E-state index in [0.29, 0.717) is 10.5 Å². The Morgan fingerprint density at radius 3 is 2.43 bits per heavy atom. The van der Waals surface area contributed by atoms with E-state index in [1.807, 2.05) is 0 Å². The third-order valence-corrected chi connectivity index (χ3v) is 0.903. The molecule has 0 aromatic carbocycles. The zero-order valence-electron chi connectivity index (χ0n) is 4.29. The first-order valence-electron chi connectivity index (χ1n) is 2.09. The maximum absolute atomic E-state index is 8.51. The van der Waals surface area contributed by atoms with Crippen molar-refractivity contribution in [1.82, 2.24) is 0 Å². The Kier molecular flexibility index (Phi) is 4.32. The largest absolute Gasteiger partial charge is 0.425 e. The van der Waals surface area contributed by atoms with Gasteiger partial charge >= 0.3 is 0 Å². The molecule has 0 aliphatic carbocycles. The summed E-state index contributed by atoms with van der Waals surface area (Å²) >= 11 is 0. The van der Waals surface area contributed by atoms with Crippen LogP contribution in [0, 0.1) is 0 Å². The van der Waals surface area contributed by atoms with Crippen LogP contribution in [-0.2, 0) is 4.43 Å². The number of hydrogen-bond acceptors (Lipinski definition) is 3. The van der Waals surface area contributed by atoms with Crippen molar-refractivity contribution in [3.8, 4) is 0 Å². The van der Waals surface area contributed by atoms with Crippen LogP contribution >= 0.6 is 0 Å². The second kappa shape index (κ2) is 4.26. The minimum Gasteiger partial charge on any atom is -0.425 e. The summed E-state index contributed by atoms with van der Waals surface area (Å²) in [7, 11) is 0.620. The number of rotatable bonds is 3. The Labute approximate surface area is 45.5 Å². The van der Waals surface area contributed by atoms with Gasteiger partial charge in [-0.3, -0.25) is 0 Å². The van der Waals surface area contributed by atoms with Gasteiger partial charge in [-0.05, 0) is 0 Å². The molecule has 0 aliphatic heterocycles. The molecule has 0 aliphatic rings. The second-order valence-corrected chi connectivity index (χ2v) is 1.87. The molecule has 0 spiro atoms. The van der Waals surface area contributed by atoms with Gasteiger partial charge in [0.15, 0.2) is 0 Å². The van der Waals surface area contributed by atoms with Crippen LogP contribution in [0.5, 0.6) is 0 Å². The molecule has 44 valence electrons. The van der Waals surface area contributed by atoms with Crippen molar-refractivity contribution in [2.75, 3.05) is 13.2 Å². The SMILES string of the molecule is OCC(O)CO[SiH3]. The van der Waals surface area contributed by atoms with Crippen LogP contribution in [-0.4, -0.2) is 40.0 Å². The average molecular weight is 122 g/mol. The lowest BCUT2D eigenvalue weighted by Crippen LogP contribution is -2.18. The number of hydrogen-bond donors (Lipinski definition) is 2. The highest BCUT2D eigenvalue weighted by Crippen LogP contribution is 1.77. The van der Waals surface area contributed by atoms with Crippen molar-refractivity contribution in [2.24, 2.45) is 0 Å². The van der Waals surface area contributed by atoms with Gasteiger partial charge in [-0.25, -0.2) is 0 Å². The molecule has 3 nitrogen and oxygen atoms in total. The maximum Gasteiger partial charge on any atom is 0.146 e. The summed E-state index contributed by atoms with van der Waals surface area (Å²) in [5, 5.41) is 16.7. The van der Waals surface area contributed by atoms with Crippen molar-refractivity contribution in [3.05, 3.63) is 0 Å². The molecule has 1 unspecified atom stereocenters. The van der Waals surface area contributed by atoms with Gasteiger partial charge in [0.05, 0.1) is 19.3 Å². The molecule has 0 saturated carbocycles. The van der Waals surface area contributed by atoms with Gasteiger partial charge in [-0.15, -0.1) is 0 Å². The van der Waals surface area contributed by atoms with Gasteiger partial charge in [0.2, 0.25) is 0 Å². The minimum absolute atomic E-state index is 0.206. The first-order valence-corrected chi connectivity index (χ1v) is 2.90. The molecular weight excluding hydrogens is 112 g/mol. The van der Waals surface area contributed by atoms with Gasteiger partial charge in [0.25, 0.3) is 0 Å². The molecule has 0 radical (unpaired) electrons. The second-order valence-electron chi connectivity index (χ2n) is 1.29. The summed E-state index contributed by atoms with van der Waals surface area (Å²) in [5.74, 6) is 0. The highest BCUT2D eigenvalue weighted by atomic mass is 28.2. The van der Waals surface area contributed by atoms with E-state index >= 15 is 0 Å². The molecule has 0 heterocycles. The predicted molar refractivity (Wildman–Crippen MR) is 29.0 cm³/mol. The third-order valence-electron chi connectivity index (χ3n) is 0.570. The van der Waals surface area contributed by atoms with Crippen LogP contribution in [0.1, 0.15) is 0 Å². The van der Waals surface area contributed by atoms with E-state index in [1.165, 1.54) is 0 Å². The smallest absolute Gasteiger partial charge is 0.146 e. The lowest BCUT2D eigenvalue weighted by atomic mass is 10.4. The van der Waals surface area contributed by atoms with E-state index in [-0.39, 0.29) is 13.2 Å². The maximum atomic E-state index is 8.51. The molecular formula is C3H10O3Si. The lowest BCUT2D eigenvalue weighted by Gasteiger charge is -2.02. The highest BCUT2D eigenvalue weighted by molar-refractivity contribution is 5.97. The Bertz CT molecular complexity index is 41.2. The van der Waals surface area contributed by atoms with Gasteiger partial charge in [0, 0.05) is 0 Å². The Hall–Kier alpha value is 0.0969. The molecule has 2 N–H and O–H groups in total. The third kappa shape index (κ3) is 3.94. The van der Waals surface area contributed by atoms with Crippen LogP contribution in [0.25, 0.3) is 0 Å². The van der Waals surface area contributed by atoms with Gasteiger partial charge < -0.3 is 14.6 Å². The molecule has 0 bridgehead atoms. The number of aliphatic hydroxyl groups is 2. The topological polar surface area (TPSA) is 49.7 Å². The summed E-state index contributed by atoms with van der Waals surface area (Å²) < 4.78 is 4.62. The van der Waals surface area contributed by atoms with Crippen LogP contribution in [0.2, 0.25) is 0 Å². The molecule has 0 aromatic heterocycles. The molecule has 0 saturated heterocycles. The van der Waals surface area contributed by atoms with Crippen molar-refractivity contribution in [2.45, 2.75) is 6.10 Å². The summed E-state index contributed by atoms with van der Waals surface area (Å²) in [5.41, 5.74) is 0. The monoisotopic (exact) mass is 122 g/mol. The van der Waals surface area contributed by atoms with Gasteiger partial charge in [0.1, 0.15) is 10.5 Å². The Balaban J connectivity index is 2.83. The fourth-order valence-corrected chi connectivity index (χ4v) is 0.630. The predicted octanol–water partition coefficient (Wildman–Crippen LogP) is -2.36. The molecule has 4 heteroatoms. The van der Waals surface area contributed by atoms with Gasteiger partial charge in [-0.2, -0.15) is 0 Å². The summed E-state index contributed by atoms with van der Waals surface area (Å²) in [6.07, 6.45) is -0.683. The average Bonchev–Trinajstić information content (AvgIpc) is 1.68. The Morgan fingerprint density at radius 2 is 2.29 bits per heavy atom. The van der Waals surface area contributed by atoms with E-state index in [9.17, 15) is 0 Å². The van der Waals surface area contributed by atoms with E-state index in [4.69, 9.17) is 10.2 Å². The molecule has 1 atom stereocenters. The van der Waals surface area contributed by atoms with Crippen molar-refractivity contribution in [3.63, 3.8) is 0 Å². The van der Waals surface area contributed by atoms with Crippen molar-refractivity contribution >= 4 is 10.5 Å². The van der Waals surface area contributed by atoms with Crippen LogP contribution in [0.15, 0.2) is 0 Å². The summed E-state index contributed by atoms with van der Waals surface area (Å²) in [6, 6.07) is 0. The highest BCUT2D eigenvalue weighted by Gasteiger charge is 1.96. The van der Waals surface area contributed by atoms with E-state index in [1.54, 1.807) is 0 Å². The summed E-state index contributed by atoms with van der Waals surface area (Å²) in [4.78, 5) is 0. The standard InChI is InChI=1S/C3H10O3Si/c4-1-3(5)2-6-7/h3-5H,1-2H2,7H3. The van der Waals surface area contributed by atoms with Crippen molar-refractivity contribution in [1.29, 1.82) is 0 Å². The zero-order chi connectivity index (χ0) is 5.70. The van der Waals surface area contributed by atoms with Crippen LogP contribution in [0.4, 0.5) is 0 Å². The zero-order valence-corrected chi connectivity index (χ0v) is 6.29. The molecule has 0 aromatic rings. The quantitative estimate of drug-likeness (QED) is 0.412. The van der Waals surface area contributed by atoms with Crippen molar-refractivity contribution < 1.29 is 14.6 Å². The van der Waals surface area contributed by atoms with E-state index in [0.717, 1.165) is 0 Å². The van der Waals surface area contributed by atoms with Crippen LogP contribution < -0.4 is 0 Å².